The van der Waals surface area contributed by atoms with Gasteiger partial charge in [0.05, 0.1) is 30.8 Å². The number of aromatic nitrogens is 3. The SMILES string of the molecule is CCC(COC)n1nnc(CCl)c1CCOC. The molecule has 1 atom stereocenters. The van der Waals surface area contributed by atoms with Crippen LogP contribution in [0, 0.1) is 0 Å². The van der Waals surface area contributed by atoms with Gasteiger partial charge in [-0.05, 0) is 6.42 Å². The van der Waals surface area contributed by atoms with E-state index in [9.17, 15) is 0 Å². The Balaban J connectivity index is 2.91. The van der Waals surface area contributed by atoms with Crippen molar-refractivity contribution < 1.29 is 9.47 Å². The van der Waals surface area contributed by atoms with Gasteiger partial charge in [0.25, 0.3) is 0 Å². The summed E-state index contributed by atoms with van der Waals surface area (Å²) in [5.74, 6) is 0.377. The molecule has 1 aromatic heterocycles. The summed E-state index contributed by atoms with van der Waals surface area (Å²) in [6.45, 7) is 3.37. The first-order chi connectivity index (χ1) is 8.28. The van der Waals surface area contributed by atoms with Crippen LogP contribution in [-0.4, -0.2) is 42.4 Å². The minimum absolute atomic E-state index is 0.205. The van der Waals surface area contributed by atoms with E-state index in [2.05, 4.69) is 17.2 Å². The summed E-state index contributed by atoms with van der Waals surface area (Å²) in [5.41, 5.74) is 1.88. The van der Waals surface area contributed by atoms with E-state index in [1.807, 2.05) is 4.68 Å². The third-order valence-corrected chi connectivity index (χ3v) is 2.97. The molecule has 17 heavy (non-hydrogen) atoms. The first-order valence-electron chi connectivity index (χ1n) is 5.75. The van der Waals surface area contributed by atoms with Crippen molar-refractivity contribution in [1.82, 2.24) is 15.0 Å². The van der Waals surface area contributed by atoms with Gasteiger partial charge in [-0.3, -0.25) is 0 Å². The van der Waals surface area contributed by atoms with Crippen molar-refractivity contribution in [3.8, 4) is 0 Å². The molecule has 98 valence electrons. The zero-order valence-corrected chi connectivity index (χ0v) is 11.4. The summed E-state index contributed by atoms with van der Waals surface area (Å²) in [6, 6.07) is 0.205. The van der Waals surface area contributed by atoms with Gasteiger partial charge in [-0.2, -0.15) is 0 Å². The zero-order chi connectivity index (χ0) is 12.7. The Labute approximate surface area is 107 Å². The summed E-state index contributed by atoms with van der Waals surface area (Å²) < 4.78 is 12.2. The highest BCUT2D eigenvalue weighted by Gasteiger charge is 2.18. The predicted molar refractivity (Wildman–Crippen MR) is 66.4 cm³/mol. The molecule has 0 N–H and O–H groups in total. The summed E-state index contributed by atoms with van der Waals surface area (Å²) >= 11 is 5.86. The fourth-order valence-electron chi connectivity index (χ4n) is 1.75. The smallest absolute Gasteiger partial charge is 0.101 e. The van der Waals surface area contributed by atoms with Gasteiger partial charge in [-0.25, -0.2) is 4.68 Å². The molecular weight excluding hydrogens is 242 g/mol. The number of nitrogens with zero attached hydrogens (tertiary/aromatic N) is 3. The fraction of sp³-hybridized carbons (Fsp3) is 0.818. The largest absolute Gasteiger partial charge is 0.384 e. The van der Waals surface area contributed by atoms with Crippen LogP contribution in [0.25, 0.3) is 0 Å². The van der Waals surface area contributed by atoms with E-state index < -0.39 is 0 Å². The van der Waals surface area contributed by atoms with Crippen LogP contribution in [0.2, 0.25) is 0 Å². The minimum atomic E-state index is 0.205. The number of halogens is 1. The Hall–Kier alpha value is -0.650. The summed E-state index contributed by atoms with van der Waals surface area (Å²) in [6.07, 6.45) is 1.71. The molecule has 0 saturated carbocycles. The van der Waals surface area contributed by atoms with Crippen molar-refractivity contribution in [2.75, 3.05) is 27.4 Å². The summed E-state index contributed by atoms with van der Waals surface area (Å²) in [7, 11) is 3.37. The second kappa shape index (κ2) is 7.63. The van der Waals surface area contributed by atoms with Crippen molar-refractivity contribution in [3.05, 3.63) is 11.4 Å². The number of ether oxygens (including phenoxy) is 2. The van der Waals surface area contributed by atoms with Crippen LogP contribution in [-0.2, 0) is 21.8 Å². The second-order valence-corrected chi connectivity index (χ2v) is 4.09. The molecule has 5 nitrogen and oxygen atoms in total. The van der Waals surface area contributed by atoms with Gasteiger partial charge in [0.2, 0.25) is 0 Å². The molecule has 0 amide bonds. The molecule has 0 aromatic carbocycles. The predicted octanol–water partition coefficient (Wildman–Crippen LogP) is 1.80. The van der Waals surface area contributed by atoms with Gasteiger partial charge in [-0.1, -0.05) is 12.1 Å². The molecule has 0 bridgehead atoms. The average Bonchev–Trinajstić information content (AvgIpc) is 2.76. The Morgan fingerprint density at radius 2 is 2.12 bits per heavy atom. The quantitative estimate of drug-likeness (QED) is 0.670. The fourth-order valence-corrected chi connectivity index (χ4v) is 1.96. The number of hydrogen-bond acceptors (Lipinski definition) is 4. The normalized spacial score (nSPS) is 12.9. The van der Waals surface area contributed by atoms with E-state index in [1.54, 1.807) is 14.2 Å². The van der Waals surface area contributed by atoms with Gasteiger partial charge in [0.15, 0.2) is 0 Å². The molecule has 1 unspecified atom stereocenters. The van der Waals surface area contributed by atoms with Gasteiger partial charge >= 0.3 is 0 Å². The first-order valence-corrected chi connectivity index (χ1v) is 6.28. The molecule has 0 aliphatic carbocycles. The Morgan fingerprint density at radius 3 is 2.65 bits per heavy atom. The molecule has 1 heterocycles. The maximum Gasteiger partial charge on any atom is 0.101 e. The molecular formula is C11H20ClN3O2. The van der Waals surface area contributed by atoms with Crippen LogP contribution >= 0.6 is 11.6 Å². The van der Waals surface area contributed by atoms with Gasteiger partial charge in [0, 0.05) is 20.6 Å². The van der Waals surface area contributed by atoms with Crippen LogP contribution < -0.4 is 0 Å². The molecule has 0 radical (unpaired) electrons. The van der Waals surface area contributed by atoms with Crippen molar-refractivity contribution >= 4 is 11.6 Å². The Morgan fingerprint density at radius 1 is 1.35 bits per heavy atom. The van der Waals surface area contributed by atoms with Crippen molar-refractivity contribution in [2.24, 2.45) is 0 Å². The van der Waals surface area contributed by atoms with E-state index in [0.29, 0.717) is 19.1 Å². The molecule has 0 fully saturated rings. The number of hydrogen-bond donors (Lipinski definition) is 0. The third kappa shape index (κ3) is 3.66. The average molecular weight is 262 g/mol. The lowest BCUT2D eigenvalue weighted by Gasteiger charge is -2.17. The second-order valence-electron chi connectivity index (χ2n) is 3.82. The standard InChI is InChI=1S/C11H20ClN3O2/c1-4-9(8-17-3)15-11(5-6-16-2)10(7-12)13-14-15/h9H,4-8H2,1-3H3. The van der Waals surface area contributed by atoms with E-state index >= 15 is 0 Å². The summed E-state index contributed by atoms with van der Waals surface area (Å²) in [4.78, 5) is 0. The molecule has 1 rings (SSSR count). The molecule has 0 spiro atoms. The maximum atomic E-state index is 5.86. The summed E-state index contributed by atoms with van der Waals surface area (Å²) in [5, 5.41) is 8.28. The number of rotatable bonds is 8. The number of methoxy groups -OCH3 is 2. The van der Waals surface area contributed by atoms with Crippen LogP contribution in [0.1, 0.15) is 30.8 Å². The number of alkyl halides is 1. The highest BCUT2D eigenvalue weighted by atomic mass is 35.5. The molecule has 0 aliphatic rings. The Kier molecular flexibility index (Phi) is 6.47. The van der Waals surface area contributed by atoms with Crippen molar-refractivity contribution in [3.63, 3.8) is 0 Å². The highest BCUT2D eigenvalue weighted by molar-refractivity contribution is 6.16. The van der Waals surface area contributed by atoms with Crippen LogP contribution in [0.4, 0.5) is 0 Å². The first kappa shape index (κ1) is 14.4. The van der Waals surface area contributed by atoms with Gasteiger partial charge < -0.3 is 9.47 Å². The van der Waals surface area contributed by atoms with E-state index in [4.69, 9.17) is 21.1 Å². The highest BCUT2D eigenvalue weighted by Crippen LogP contribution is 2.17. The molecule has 6 heteroatoms. The lowest BCUT2D eigenvalue weighted by molar-refractivity contribution is 0.143. The Bertz CT molecular complexity index is 331. The van der Waals surface area contributed by atoms with E-state index in [1.165, 1.54) is 0 Å². The molecule has 1 aromatic rings. The van der Waals surface area contributed by atoms with Crippen LogP contribution in [0.3, 0.4) is 0 Å². The van der Waals surface area contributed by atoms with Gasteiger partial charge in [0.1, 0.15) is 5.69 Å². The molecule has 0 saturated heterocycles. The topological polar surface area (TPSA) is 49.2 Å². The van der Waals surface area contributed by atoms with E-state index in [-0.39, 0.29) is 6.04 Å². The monoisotopic (exact) mass is 261 g/mol. The maximum absolute atomic E-state index is 5.86. The van der Waals surface area contributed by atoms with Crippen molar-refractivity contribution in [2.45, 2.75) is 31.7 Å². The molecule has 0 aliphatic heterocycles. The van der Waals surface area contributed by atoms with Crippen molar-refractivity contribution in [1.29, 1.82) is 0 Å². The minimum Gasteiger partial charge on any atom is -0.384 e. The van der Waals surface area contributed by atoms with Crippen LogP contribution in [0.5, 0.6) is 0 Å². The lowest BCUT2D eigenvalue weighted by Crippen LogP contribution is -2.19. The van der Waals surface area contributed by atoms with Gasteiger partial charge in [-0.15, -0.1) is 16.7 Å². The van der Waals surface area contributed by atoms with E-state index in [0.717, 1.165) is 24.2 Å². The van der Waals surface area contributed by atoms with Crippen LogP contribution in [0.15, 0.2) is 0 Å². The lowest BCUT2D eigenvalue weighted by atomic mass is 10.2. The zero-order valence-electron chi connectivity index (χ0n) is 10.6. The third-order valence-electron chi connectivity index (χ3n) is 2.72.